The molecule has 0 saturated carbocycles. The molecule has 2 aliphatic heterocycles. The predicted octanol–water partition coefficient (Wildman–Crippen LogP) is 12.7. The lowest BCUT2D eigenvalue weighted by molar-refractivity contribution is -0.134. The fraction of sp³-hybridized carbons (Fsp3) is 0.721. The van der Waals surface area contributed by atoms with Gasteiger partial charge in [-0.1, -0.05) is 123 Å². The van der Waals surface area contributed by atoms with Gasteiger partial charge in [0.15, 0.2) is 0 Å². The number of nitrogens with zero attached hydrogens (tertiary/aromatic N) is 2. The molecule has 1 atom stereocenters. The van der Waals surface area contributed by atoms with Crippen LogP contribution in [0.25, 0.3) is 11.1 Å². The van der Waals surface area contributed by atoms with Crippen molar-refractivity contribution >= 4 is 18.4 Å². The van der Waals surface area contributed by atoms with E-state index < -0.39 is 5.60 Å². The van der Waals surface area contributed by atoms with E-state index in [9.17, 15) is 4.79 Å². The number of benzene rings is 1. The summed E-state index contributed by atoms with van der Waals surface area (Å²) in [6.45, 7) is 12.1. The maximum atomic E-state index is 13.2. The van der Waals surface area contributed by atoms with Gasteiger partial charge in [0.1, 0.15) is 17.1 Å². The number of carbonyl (C=O) groups is 1. The largest absolute Gasteiger partial charge is 0.482 e. The quantitative estimate of drug-likeness (QED) is 0.0657. The van der Waals surface area contributed by atoms with Crippen LogP contribution in [0, 0.1) is 0 Å². The molecule has 3 heterocycles. The normalized spacial score (nSPS) is 15.8. The molecule has 0 bridgehead atoms. The van der Waals surface area contributed by atoms with Crippen molar-refractivity contribution in [1.29, 1.82) is 0 Å². The molecule has 1 aromatic heterocycles. The van der Waals surface area contributed by atoms with Crippen molar-refractivity contribution in [3.8, 4) is 22.6 Å². The van der Waals surface area contributed by atoms with Gasteiger partial charge in [-0.15, -0.1) is 12.4 Å². The predicted molar refractivity (Wildman–Crippen MR) is 208 cm³/mol. The Balaban J connectivity index is 0.00000650. The first-order valence-corrected chi connectivity index (χ1v) is 20.1. The lowest BCUT2D eigenvalue weighted by Crippen LogP contribution is -2.31. The summed E-state index contributed by atoms with van der Waals surface area (Å²) in [5, 5.41) is 0. The molecule has 6 heteroatoms. The van der Waals surface area contributed by atoms with E-state index in [-0.39, 0.29) is 18.4 Å². The van der Waals surface area contributed by atoms with Gasteiger partial charge >= 0.3 is 5.97 Å². The zero-order chi connectivity index (χ0) is 34.0. The van der Waals surface area contributed by atoms with E-state index in [4.69, 9.17) is 9.47 Å². The van der Waals surface area contributed by atoms with Gasteiger partial charge in [-0.25, -0.2) is 0 Å². The summed E-state index contributed by atoms with van der Waals surface area (Å²) in [6.07, 6.45) is 32.2. The number of unbranched alkanes of at least 4 members (excludes halogenated alkanes) is 15. The summed E-state index contributed by atoms with van der Waals surface area (Å²) < 4.78 is 12.8. The van der Waals surface area contributed by atoms with Gasteiger partial charge in [0.25, 0.3) is 0 Å². The van der Waals surface area contributed by atoms with Crippen molar-refractivity contribution < 1.29 is 14.3 Å². The SMILES string of the molecule is CCCCCCCCCCCCCCCCCCC(C)c1cc(OC(=O)CCCN2CCCCC2)c2c(c1)OC(C)(C)c1ccncc1-2.Cl. The standard InChI is InChI=1S/C43H68N2O3.ClH/c1-5-6-7-8-9-10-11-12-13-14-15-16-17-18-19-21-25-35(2)36-32-39(47-41(46)26-24-31-45-29-22-20-23-30-45)42-37-34-44-28-27-38(37)43(3,4)48-40(42)33-36;/h27-28,32-35H,5-26,29-31H2,1-4H3;1H. The molecular formula is C43H69ClN2O3. The number of aromatic nitrogens is 1. The lowest BCUT2D eigenvalue weighted by atomic mass is 9.85. The van der Waals surface area contributed by atoms with E-state index in [0.29, 0.717) is 18.1 Å². The van der Waals surface area contributed by atoms with Gasteiger partial charge in [-0.2, -0.15) is 0 Å². The number of hydrogen-bond acceptors (Lipinski definition) is 5. The van der Waals surface area contributed by atoms with Gasteiger partial charge in [-0.05, 0) is 88.8 Å². The number of likely N-dealkylation sites (tertiary alicyclic amines) is 1. The van der Waals surface area contributed by atoms with Gasteiger partial charge in [0, 0.05) is 29.9 Å². The lowest BCUT2D eigenvalue weighted by Gasteiger charge is -2.35. The average Bonchev–Trinajstić information content (AvgIpc) is 3.08. The Morgan fingerprint density at radius 1 is 0.857 bits per heavy atom. The molecule has 4 rings (SSSR count). The second-order valence-corrected chi connectivity index (χ2v) is 15.4. The highest BCUT2D eigenvalue weighted by atomic mass is 35.5. The number of halogens is 1. The Labute approximate surface area is 306 Å². The minimum atomic E-state index is -0.489. The average molecular weight is 697 g/mol. The highest BCUT2D eigenvalue weighted by molar-refractivity contribution is 5.85. The number of piperidine rings is 1. The molecular weight excluding hydrogens is 628 g/mol. The first kappa shape index (κ1) is 41.3. The summed E-state index contributed by atoms with van der Waals surface area (Å²) in [5.41, 5.74) is 3.63. The van der Waals surface area contributed by atoms with Crippen molar-refractivity contribution in [3.05, 3.63) is 41.7 Å². The fourth-order valence-corrected chi connectivity index (χ4v) is 7.74. The Morgan fingerprint density at radius 2 is 1.45 bits per heavy atom. The molecule has 49 heavy (non-hydrogen) atoms. The van der Waals surface area contributed by atoms with E-state index in [1.807, 2.05) is 18.5 Å². The molecule has 0 aliphatic carbocycles. The second-order valence-electron chi connectivity index (χ2n) is 15.4. The third-order valence-corrected chi connectivity index (χ3v) is 10.8. The van der Waals surface area contributed by atoms with Gasteiger partial charge < -0.3 is 14.4 Å². The van der Waals surface area contributed by atoms with E-state index in [1.165, 1.54) is 128 Å². The van der Waals surface area contributed by atoms with Crippen molar-refractivity contribution in [2.75, 3.05) is 19.6 Å². The molecule has 1 fully saturated rings. The Morgan fingerprint density at radius 3 is 2.06 bits per heavy atom. The molecule has 0 amide bonds. The summed E-state index contributed by atoms with van der Waals surface area (Å²) in [7, 11) is 0. The highest BCUT2D eigenvalue weighted by Crippen LogP contribution is 2.50. The van der Waals surface area contributed by atoms with Crippen LogP contribution in [-0.2, 0) is 10.4 Å². The number of hydrogen-bond donors (Lipinski definition) is 0. The van der Waals surface area contributed by atoms with Crippen LogP contribution < -0.4 is 9.47 Å². The minimum absolute atomic E-state index is 0. The van der Waals surface area contributed by atoms with Crippen LogP contribution in [0.3, 0.4) is 0 Å². The minimum Gasteiger partial charge on any atom is -0.482 e. The van der Waals surface area contributed by atoms with Crippen molar-refractivity contribution in [2.24, 2.45) is 0 Å². The third kappa shape index (κ3) is 13.9. The van der Waals surface area contributed by atoms with E-state index in [2.05, 4.69) is 49.7 Å². The van der Waals surface area contributed by atoms with Crippen molar-refractivity contribution in [3.63, 3.8) is 0 Å². The van der Waals surface area contributed by atoms with Crippen LogP contribution in [0.2, 0.25) is 0 Å². The molecule has 2 aromatic rings. The number of fused-ring (bicyclic) bond motifs is 3. The fourth-order valence-electron chi connectivity index (χ4n) is 7.74. The first-order chi connectivity index (χ1) is 23.4. The zero-order valence-electron chi connectivity index (χ0n) is 31.7. The number of rotatable bonds is 23. The van der Waals surface area contributed by atoms with Crippen LogP contribution in [-0.4, -0.2) is 35.5 Å². The Hall–Kier alpha value is -2.11. The molecule has 1 unspecified atom stereocenters. The molecule has 0 radical (unpaired) electrons. The first-order valence-electron chi connectivity index (χ1n) is 20.1. The molecule has 0 N–H and O–H groups in total. The van der Waals surface area contributed by atoms with Gasteiger partial charge in [-0.3, -0.25) is 9.78 Å². The zero-order valence-corrected chi connectivity index (χ0v) is 32.5. The van der Waals surface area contributed by atoms with Gasteiger partial charge in [0.2, 0.25) is 0 Å². The monoisotopic (exact) mass is 696 g/mol. The number of esters is 1. The topological polar surface area (TPSA) is 51.7 Å². The van der Waals surface area contributed by atoms with Crippen LogP contribution in [0.4, 0.5) is 0 Å². The van der Waals surface area contributed by atoms with E-state index in [0.717, 1.165) is 54.9 Å². The van der Waals surface area contributed by atoms with Crippen LogP contribution in [0.15, 0.2) is 30.6 Å². The van der Waals surface area contributed by atoms with E-state index >= 15 is 0 Å². The summed E-state index contributed by atoms with van der Waals surface area (Å²) >= 11 is 0. The van der Waals surface area contributed by atoms with Gasteiger partial charge in [0.05, 0.1) is 5.56 Å². The third-order valence-electron chi connectivity index (χ3n) is 10.8. The maximum absolute atomic E-state index is 13.2. The Bertz CT molecular complexity index is 1230. The summed E-state index contributed by atoms with van der Waals surface area (Å²) in [5.74, 6) is 1.62. The summed E-state index contributed by atoms with van der Waals surface area (Å²) in [6, 6.07) is 6.32. The van der Waals surface area contributed by atoms with Crippen LogP contribution >= 0.6 is 12.4 Å². The van der Waals surface area contributed by atoms with Crippen molar-refractivity contribution in [1.82, 2.24) is 9.88 Å². The van der Waals surface area contributed by atoms with Crippen LogP contribution in [0.1, 0.15) is 186 Å². The highest BCUT2D eigenvalue weighted by Gasteiger charge is 2.35. The molecule has 1 saturated heterocycles. The smallest absolute Gasteiger partial charge is 0.311 e. The maximum Gasteiger partial charge on any atom is 0.311 e. The number of ether oxygens (including phenoxy) is 2. The molecule has 276 valence electrons. The Kier molecular flexibility index (Phi) is 19.1. The molecule has 0 spiro atoms. The van der Waals surface area contributed by atoms with E-state index in [1.54, 1.807) is 0 Å². The molecule has 5 nitrogen and oxygen atoms in total. The van der Waals surface area contributed by atoms with Crippen molar-refractivity contribution in [2.45, 2.75) is 180 Å². The summed E-state index contributed by atoms with van der Waals surface area (Å²) in [4.78, 5) is 20.1. The second kappa shape index (κ2) is 22.7. The number of pyridine rings is 1. The number of carbonyl (C=O) groups excluding carboxylic acids is 1. The molecule has 1 aromatic carbocycles. The molecule has 2 aliphatic rings. The van der Waals surface area contributed by atoms with Crippen LogP contribution in [0.5, 0.6) is 11.5 Å².